The number of amides is 2. The molecule has 0 aliphatic carbocycles. The third-order valence-electron chi connectivity index (χ3n) is 4.53. The molecule has 0 saturated heterocycles. The Morgan fingerprint density at radius 3 is 2.37 bits per heavy atom. The Kier molecular flexibility index (Phi) is 6.26. The molecular formula is C22H24N2O3. The molecule has 0 fully saturated rings. The SMILES string of the molecule is C[C@@H](NC(=O)COc1ccccc1)C(=O)N1CC=C(c2ccccc2)CC1. The summed E-state index contributed by atoms with van der Waals surface area (Å²) in [4.78, 5) is 26.4. The molecule has 0 bridgehead atoms. The number of hydrogen-bond acceptors (Lipinski definition) is 3. The topological polar surface area (TPSA) is 58.6 Å². The number of hydrogen-bond donors (Lipinski definition) is 1. The normalized spacial score (nSPS) is 14.9. The molecule has 27 heavy (non-hydrogen) atoms. The van der Waals surface area contributed by atoms with E-state index in [4.69, 9.17) is 4.74 Å². The fourth-order valence-corrected chi connectivity index (χ4v) is 3.07. The highest BCUT2D eigenvalue weighted by atomic mass is 16.5. The lowest BCUT2D eigenvalue weighted by atomic mass is 9.99. The second kappa shape index (κ2) is 9.03. The van der Waals surface area contributed by atoms with E-state index in [-0.39, 0.29) is 18.4 Å². The van der Waals surface area contributed by atoms with E-state index in [0.29, 0.717) is 18.8 Å². The smallest absolute Gasteiger partial charge is 0.258 e. The molecule has 5 nitrogen and oxygen atoms in total. The maximum atomic E-state index is 12.6. The first-order chi connectivity index (χ1) is 13.1. The van der Waals surface area contributed by atoms with Crippen LogP contribution in [0.15, 0.2) is 66.7 Å². The molecule has 5 heteroatoms. The molecule has 0 aromatic heterocycles. The lowest BCUT2D eigenvalue weighted by Crippen LogP contribution is -2.49. The minimum Gasteiger partial charge on any atom is -0.484 e. The van der Waals surface area contributed by atoms with Crippen molar-refractivity contribution >= 4 is 17.4 Å². The van der Waals surface area contributed by atoms with Crippen molar-refractivity contribution in [2.45, 2.75) is 19.4 Å². The molecule has 1 atom stereocenters. The minimum absolute atomic E-state index is 0.0774. The van der Waals surface area contributed by atoms with Gasteiger partial charge in [-0.1, -0.05) is 54.6 Å². The van der Waals surface area contributed by atoms with E-state index >= 15 is 0 Å². The van der Waals surface area contributed by atoms with E-state index in [9.17, 15) is 9.59 Å². The molecule has 1 N–H and O–H groups in total. The Hall–Kier alpha value is -3.08. The molecule has 1 aliphatic heterocycles. The van der Waals surface area contributed by atoms with Crippen LogP contribution in [-0.4, -0.2) is 42.5 Å². The first kappa shape index (κ1) is 18.7. The monoisotopic (exact) mass is 364 g/mol. The third-order valence-corrected chi connectivity index (χ3v) is 4.53. The van der Waals surface area contributed by atoms with Crippen LogP contribution in [0.4, 0.5) is 0 Å². The Bertz CT molecular complexity index is 803. The first-order valence-corrected chi connectivity index (χ1v) is 9.14. The van der Waals surface area contributed by atoms with Gasteiger partial charge in [0.05, 0.1) is 0 Å². The van der Waals surface area contributed by atoms with Crippen LogP contribution >= 0.6 is 0 Å². The van der Waals surface area contributed by atoms with Gasteiger partial charge in [0.25, 0.3) is 5.91 Å². The van der Waals surface area contributed by atoms with Crippen molar-refractivity contribution in [3.05, 3.63) is 72.3 Å². The molecular weight excluding hydrogens is 340 g/mol. The minimum atomic E-state index is -0.580. The molecule has 3 rings (SSSR count). The fraction of sp³-hybridized carbons (Fsp3) is 0.273. The number of carbonyl (C=O) groups is 2. The van der Waals surface area contributed by atoms with Gasteiger partial charge in [-0.15, -0.1) is 0 Å². The van der Waals surface area contributed by atoms with Crippen molar-refractivity contribution in [2.24, 2.45) is 0 Å². The zero-order valence-corrected chi connectivity index (χ0v) is 15.4. The van der Waals surface area contributed by atoms with Gasteiger partial charge in [-0.2, -0.15) is 0 Å². The maximum absolute atomic E-state index is 12.6. The van der Waals surface area contributed by atoms with E-state index in [1.54, 1.807) is 24.0 Å². The number of ether oxygens (including phenoxy) is 1. The lowest BCUT2D eigenvalue weighted by molar-refractivity contribution is -0.136. The summed E-state index contributed by atoms with van der Waals surface area (Å²) in [5.74, 6) is 0.241. The van der Waals surface area contributed by atoms with E-state index in [0.717, 1.165) is 6.42 Å². The molecule has 0 radical (unpaired) electrons. The van der Waals surface area contributed by atoms with Crippen molar-refractivity contribution in [3.8, 4) is 5.75 Å². The summed E-state index contributed by atoms with van der Waals surface area (Å²) in [5, 5.41) is 2.71. The van der Waals surface area contributed by atoms with E-state index < -0.39 is 6.04 Å². The molecule has 140 valence electrons. The van der Waals surface area contributed by atoms with E-state index in [1.807, 2.05) is 36.4 Å². The summed E-state index contributed by atoms with van der Waals surface area (Å²) in [6.07, 6.45) is 2.90. The van der Waals surface area contributed by atoms with Crippen LogP contribution in [-0.2, 0) is 9.59 Å². The average molecular weight is 364 g/mol. The van der Waals surface area contributed by atoms with Gasteiger partial charge in [-0.05, 0) is 36.6 Å². The Labute approximate surface area is 159 Å². The molecule has 0 spiro atoms. The number of para-hydroxylation sites is 1. The Balaban J connectivity index is 1.47. The maximum Gasteiger partial charge on any atom is 0.258 e. The van der Waals surface area contributed by atoms with Crippen molar-refractivity contribution in [1.29, 1.82) is 0 Å². The highest BCUT2D eigenvalue weighted by Crippen LogP contribution is 2.22. The Morgan fingerprint density at radius 1 is 1.07 bits per heavy atom. The quantitative estimate of drug-likeness (QED) is 0.857. The summed E-state index contributed by atoms with van der Waals surface area (Å²) in [6.45, 7) is 2.81. The van der Waals surface area contributed by atoms with E-state index in [1.165, 1.54) is 11.1 Å². The standard InChI is InChI=1S/C22H24N2O3/c1-17(23-21(25)16-27-20-10-6-3-7-11-20)22(26)24-14-12-19(13-15-24)18-8-4-2-5-9-18/h2-12,17H,13-16H2,1H3,(H,23,25)/t17-/m1/s1. The summed E-state index contributed by atoms with van der Waals surface area (Å²) >= 11 is 0. The molecule has 1 aliphatic rings. The van der Waals surface area contributed by atoms with Crippen molar-refractivity contribution < 1.29 is 14.3 Å². The zero-order valence-electron chi connectivity index (χ0n) is 15.4. The third kappa shape index (κ3) is 5.20. The van der Waals surface area contributed by atoms with Crippen LogP contribution < -0.4 is 10.1 Å². The van der Waals surface area contributed by atoms with Gasteiger partial charge in [0.15, 0.2) is 6.61 Å². The second-order valence-electron chi connectivity index (χ2n) is 6.52. The van der Waals surface area contributed by atoms with Crippen LogP contribution in [0, 0.1) is 0 Å². The number of nitrogens with zero attached hydrogens (tertiary/aromatic N) is 1. The van der Waals surface area contributed by atoms with Crippen molar-refractivity contribution in [2.75, 3.05) is 19.7 Å². The summed E-state index contributed by atoms with van der Waals surface area (Å²) in [6, 6.07) is 18.7. The fourth-order valence-electron chi connectivity index (χ4n) is 3.07. The van der Waals surface area contributed by atoms with Crippen LogP contribution in [0.2, 0.25) is 0 Å². The van der Waals surface area contributed by atoms with Crippen molar-refractivity contribution in [3.63, 3.8) is 0 Å². The lowest BCUT2D eigenvalue weighted by Gasteiger charge is -2.29. The Morgan fingerprint density at radius 2 is 1.74 bits per heavy atom. The number of benzene rings is 2. The highest BCUT2D eigenvalue weighted by Gasteiger charge is 2.24. The number of carbonyl (C=O) groups excluding carboxylic acids is 2. The highest BCUT2D eigenvalue weighted by molar-refractivity contribution is 5.88. The molecule has 2 amide bonds. The molecule has 2 aromatic rings. The summed E-state index contributed by atoms with van der Waals surface area (Å²) in [7, 11) is 0. The van der Waals surface area contributed by atoms with Gasteiger partial charge >= 0.3 is 0 Å². The first-order valence-electron chi connectivity index (χ1n) is 9.14. The average Bonchev–Trinajstić information content (AvgIpc) is 2.73. The zero-order chi connectivity index (χ0) is 19.1. The van der Waals surface area contributed by atoms with Crippen LogP contribution in [0.1, 0.15) is 18.9 Å². The number of nitrogens with one attached hydrogen (secondary N) is 1. The van der Waals surface area contributed by atoms with Crippen molar-refractivity contribution in [1.82, 2.24) is 10.2 Å². The number of rotatable bonds is 6. The van der Waals surface area contributed by atoms with Gasteiger partial charge in [0, 0.05) is 13.1 Å². The summed E-state index contributed by atoms with van der Waals surface area (Å²) in [5.41, 5.74) is 2.46. The van der Waals surface area contributed by atoms with Crippen LogP contribution in [0.5, 0.6) is 5.75 Å². The van der Waals surface area contributed by atoms with Gasteiger partial charge < -0.3 is 15.0 Å². The largest absolute Gasteiger partial charge is 0.484 e. The van der Waals surface area contributed by atoms with Gasteiger partial charge in [-0.3, -0.25) is 9.59 Å². The van der Waals surface area contributed by atoms with Gasteiger partial charge in [0.2, 0.25) is 5.91 Å². The molecule has 0 saturated carbocycles. The predicted octanol–water partition coefficient (Wildman–Crippen LogP) is 2.89. The van der Waals surface area contributed by atoms with Gasteiger partial charge in [-0.25, -0.2) is 0 Å². The van der Waals surface area contributed by atoms with E-state index in [2.05, 4.69) is 23.5 Å². The summed E-state index contributed by atoms with van der Waals surface area (Å²) < 4.78 is 5.41. The molecule has 0 unspecified atom stereocenters. The second-order valence-corrected chi connectivity index (χ2v) is 6.52. The molecule has 1 heterocycles. The predicted molar refractivity (Wildman–Crippen MR) is 105 cm³/mol. The van der Waals surface area contributed by atoms with Crippen LogP contribution in [0.3, 0.4) is 0 Å². The van der Waals surface area contributed by atoms with Gasteiger partial charge in [0.1, 0.15) is 11.8 Å². The van der Waals surface area contributed by atoms with Crippen LogP contribution in [0.25, 0.3) is 5.57 Å². The molecule has 2 aromatic carbocycles.